The lowest BCUT2D eigenvalue weighted by Crippen LogP contribution is -2.13. The summed E-state index contributed by atoms with van der Waals surface area (Å²) in [7, 11) is 0. The number of amides is 1. The summed E-state index contributed by atoms with van der Waals surface area (Å²) in [4.78, 5) is 16.0. The second kappa shape index (κ2) is 7.63. The molecule has 23 heavy (non-hydrogen) atoms. The number of hydrogen-bond acceptors (Lipinski definition) is 6. The molecule has 2 N–H and O–H groups in total. The molecule has 0 unspecified atom stereocenters. The first-order chi connectivity index (χ1) is 11.0. The Hall–Kier alpha value is -2.56. The molecule has 1 aromatic heterocycles. The molecular weight excluding hydrogens is 338 g/mol. The molecule has 8 heteroatoms. The quantitative estimate of drug-likeness (QED) is 0.636. The van der Waals surface area contributed by atoms with Crippen molar-refractivity contribution < 1.29 is 14.6 Å². The number of anilines is 1. The molecule has 0 aliphatic rings. The van der Waals surface area contributed by atoms with E-state index in [9.17, 15) is 15.2 Å². The van der Waals surface area contributed by atoms with E-state index in [1.807, 2.05) is 6.07 Å². The number of phenolic OH excluding ortho intramolecular Hbond substituents is 1. The van der Waals surface area contributed by atoms with Crippen LogP contribution >= 0.6 is 22.9 Å². The highest BCUT2D eigenvalue weighted by molar-refractivity contribution is 7.13. The lowest BCUT2D eigenvalue weighted by Gasteiger charge is -2.08. The minimum Gasteiger partial charge on any atom is -0.503 e. The summed E-state index contributed by atoms with van der Waals surface area (Å²) in [5.74, 6) is -0.579. The third kappa shape index (κ3) is 4.22. The van der Waals surface area contributed by atoms with Crippen molar-refractivity contribution >= 4 is 40.1 Å². The molecule has 0 saturated heterocycles. The molecule has 2 rings (SSSR count). The number of nitriles is 1. The van der Waals surface area contributed by atoms with Crippen LogP contribution in [0.3, 0.4) is 0 Å². The lowest BCUT2D eigenvalue weighted by atomic mass is 10.1. The number of aromatic hydroxyl groups is 1. The number of carbonyl (C=O) groups excluding carboxylic acids is 1. The Kier molecular flexibility index (Phi) is 5.57. The number of carbonyl (C=O) groups is 1. The van der Waals surface area contributed by atoms with Crippen LogP contribution < -0.4 is 10.1 Å². The molecule has 0 atom stereocenters. The van der Waals surface area contributed by atoms with Gasteiger partial charge >= 0.3 is 0 Å². The number of hydrogen-bond donors (Lipinski definition) is 2. The summed E-state index contributed by atoms with van der Waals surface area (Å²) in [6.07, 6.45) is 2.90. The van der Waals surface area contributed by atoms with Gasteiger partial charge in [0.25, 0.3) is 5.91 Å². The van der Waals surface area contributed by atoms with Crippen LogP contribution in [0.25, 0.3) is 6.08 Å². The fraction of sp³-hybridized carbons (Fsp3) is 0.133. The maximum atomic E-state index is 12.1. The van der Waals surface area contributed by atoms with E-state index in [4.69, 9.17) is 16.3 Å². The van der Waals surface area contributed by atoms with Crippen molar-refractivity contribution in [3.8, 4) is 17.6 Å². The topological polar surface area (TPSA) is 95.2 Å². The number of halogens is 1. The minimum absolute atomic E-state index is 0.0693. The Bertz CT molecular complexity index is 782. The largest absolute Gasteiger partial charge is 0.503 e. The molecule has 0 saturated carbocycles. The van der Waals surface area contributed by atoms with E-state index in [-0.39, 0.29) is 22.1 Å². The average molecular weight is 350 g/mol. The summed E-state index contributed by atoms with van der Waals surface area (Å²) in [6.45, 7) is 2.10. The van der Waals surface area contributed by atoms with Gasteiger partial charge in [-0.2, -0.15) is 5.26 Å². The molecule has 0 spiro atoms. The zero-order valence-electron chi connectivity index (χ0n) is 12.0. The van der Waals surface area contributed by atoms with Crippen LogP contribution in [0.1, 0.15) is 12.5 Å². The number of phenols is 1. The minimum atomic E-state index is -0.579. The number of ether oxygens (including phenoxy) is 1. The van der Waals surface area contributed by atoms with Crippen LogP contribution in [-0.4, -0.2) is 22.6 Å². The Morgan fingerprint density at radius 1 is 1.61 bits per heavy atom. The molecular formula is C15H12ClN3O3S. The van der Waals surface area contributed by atoms with Crippen LogP contribution in [0.4, 0.5) is 5.13 Å². The smallest absolute Gasteiger partial charge is 0.268 e. The zero-order chi connectivity index (χ0) is 16.8. The van der Waals surface area contributed by atoms with E-state index >= 15 is 0 Å². The number of nitrogens with zero attached hydrogens (tertiary/aromatic N) is 2. The predicted molar refractivity (Wildman–Crippen MR) is 88.6 cm³/mol. The molecule has 0 aliphatic carbocycles. The van der Waals surface area contributed by atoms with Crippen LogP contribution in [0.15, 0.2) is 29.3 Å². The van der Waals surface area contributed by atoms with E-state index < -0.39 is 5.91 Å². The first-order valence-electron chi connectivity index (χ1n) is 6.53. The SMILES string of the molecule is CCOc1cc(C=C(C#N)C(=O)Nc2nccs2)cc(Cl)c1O. The molecule has 1 aromatic carbocycles. The highest BCUT2D eigenvalue weighted by Crippen LogP contribution is 2.35. The number of rotatable bonds is 5. The standard InChI is InChI=1S/C15H12ClN3O3S/c1-2-22-12-7-9(6-11(16)13(12)20)5-10(8-17)14(21)19-15-18-3-4-23-15/h3-7,20H,2H2,1H3,(H,18,19,21). The maximum Gasteiger partial charge on any atom is 0.268 e. The average Bonchev–Trinajstić information content (AvgIpc) is 3.02. The summed E-state index contributed by atoms with van der Waals surface area (Å²) >= 11 is 7.17. The van der Waals surface area contributed by atoms with Gasteiger partial charge in [0, 0.05) is 11.6 Å². The van der Waals surface area contributed by atoms with Crippen LogP contribution in [-0.2, 0) is 4.79 Å². The van der Waals surface area contributed by atoms with Gasteiger partial charge in [-0.15, -0.1) is 11.3 Å². The van der Waals surface area contributed by atoms with Gasteiger partial charge in [0.05, 0.1) is 11.6 Å². The normalized spacial score (nSPS) is 10.9. The molecule has 0 bridgehead atoms. The van der Waals surface area contributed by atoms with Gasteiger partial charge in [0.2, 0.25) is 0 Å². The van der Waals surface area contributed by atoms with Gasteiger partial charge in [0.1, 0.15) is 11.6 Å². The molecule has 1 amide bonds. The van der Waals surface area contributed by atoms with Crippen molar-refractivity contribution in [3.63, 3.8) is 0 Å². The van der Waals surface area contributed by atoms with Gasteiger partial charge < -0.3 is 9.84 Å². The highest BCUT2D eigenvalue weighted by Gasteiger charge is 2.13. The summed E-state index contributed by atoms with van der Waals surface area (Å²) in [6, 6.07) is 4.76. The Labute approximate surface area is 141 Å². The molecule has 118 valence electrons. The van der Waals surface area contributed by atoms with E-state index in [1.165, 1.54) is 29.5 Å². The number of nitrogens with one attached hydrogen (secondary N) is 1. The van der Waals surface area contributed by atoms with Gasteiger partial charge in [-0.05, 0) is 30.7 Å². The molecule has 0 radical (unpaired) electrons. The summed E-state index contributed by atoms with van der Waals surface area (Å²) in [5.41, 5.74) is 0.339. The number of thiazole rings is 1. The third-order valence-corrected chi connectivity index (χ3v) is 3.66. The van der Waals surface area contributed by atoms with Crippen molar-refractivity contribution in [2.24, 2.45) is 0 Å². The first kappa shape index (κ1) is 16.8. The lowest BCUT2D eigenvalue weighted by molar-refractivity contribution is -0.112. The van der Waals surface area contributed by atoms with Crippen molar-refractivity contribution in [1.82, 2.24) is 4.98 Å². The molecule has 1 heterocycles. The Balaban J connectivity index is 2.30. The van der Waals surface area contributed by atoms with E-state index in [1.54, 1.807) is 18.5 Å². The fourth-order valence-corrected chi connectivity index (χ4v) is 2.45. The van der Waals surface area contributed by atoms with Crippen molar-refractivity contribution in [2.75, 3.05) is 11.9 Å². The third-order valence-electron chi connectivity index (χ3n) is 2.68. The molecule has 6 nitrogen and oxygen atoms in total. The number of benzene rings is 1. The Morgan fingerprint density at radius 3 is 3.00 bits per heavy atom. The van der Waals surface area contributed by atoms with E-state index in [2.05, 4.69) is 10.3 Å². The van der Waals surface area contributed by atoms with E-state index in [0.717, 1.165) is 0 Å². The van der Waals surface area contributed by atoms with Crippen LogP contribution in [0, 0.1) is 11.3 Å². The monoisotopic (exact) mass is 349 g/mol. The maximum absolute atomic E-state index is 12.1. The first-order valence-corrected chi connectivity index (χ1v) is 7.78. The fourth-order valence-electron chi connectivity index (χ4n) is 1.71. The predicted octanol–water partition coefficient (Wildman–Crippen LogP) is 3.45. The van der Waals surface area contributed by atoms with Gasteiger partial charge in [-0.1, -0.05) is 11.6 Å². The highest BCUT2D eigenvalue weighted by atomic mass is 35.5. The molecule has 0 aliphatic heterocycles. The second-order valence-corrected chi connectivity index (χ2v) is 5.55. The van der Waals surface area contributed by atoms with Gasteiger partial charge in [-0.25, -0.2) is 4.98 Å². The Morgan fingerprint density at radius 2 is 2.39 bits per heavy atom. The summed E-state index contributed by atoms with van der Waals surface area (Å²) in [5, 5.41) is 23.7. The van der Waals surface area contributed by atoms with Crippen molar-refractivity contribution in [1.29, 1.82) is 5.26 Å². The van der Waals surface area contributed by atoms with Crippen LogP contribution in [0.5, 0.6) is 11.5 Å². The van der Waals surface area contributed by atoms with Gasteiger partial charge in [0.15, 0.2) is 16.6 Å². The number of aromatic nitrogens is 1. The zero-order valence-corrected chi connectivity index (χ0v) is 13.6. The molecule has 2 aromatic rings. The molecule has 0 fully saturated rings. The van der Waals surface area contributed by atoms with Gasteiger partial charge in [-0.3, -0.25) is 10.1 Å². The van der Waals surface area contributed by atoms with E-state index in [0.29, 0.717) is 17.3 Å². The summed E-state index contributed by atoms with van der Waals surface area (Å²) < 4.78 is 5.26. The second-order valence-electron chi connectivity index (χ2n) is 4.24. The van der Waals surface area contributed by atoms with Crippen molar-refractivity contribution in [2.45, 2.75) is 6.92 Å². The van der Waals surface area contributed by atoms with Crippen LogP contribution in [0.2, 0.25) is 5.02 Å². The van der Waals surface area contributed by atoms with Crippen molar-refractivity contribution in [3.05, 3.63) is 39.9 Å².